The van der Waals surface area contributed by atoms with Crippen molar-refractivity contribution in [2.45, 2.75) is 20.4 Å². The zero-order valence-electron chi connectivity index (χ0n) is 11.5. The molecule has 0 aromatic carbocycles. The summed E-state index contributed by atoms with van der Waals surface area (Å²) >= 11 is 5.95. The van der Waals surface area contributed by atoms with Gasteiger partial charge >= 0.3 is 0 Å². The zero-order chi connectivity index (χ0) is 15.6. The Kier molecular flexibility index (Phi) is 4.23. The second-order valence-electron chi connectivity index (χ2n) is 4.37. The third kappa shape index (κ3) is 3.03. The van der Waals surface area contributed by atoms with Crippen LogP contribution in [0.5, 0.6) is 0 Å². The summed E-state index contributed by atoms with van der Waals surface area (Å²) in [6.45, 7) is 4.02. The van der Waals surface area contributed by atoms with E-state index >= 15 is 0 Å². The highest BCUT2D eigenvalue weighted by molar-refractivity contribution is 6.32. The highest BCUT2D eigenvalue weighted by atomic mass is 35.5. The lowest BCUT2D eigenvalue weighted by molar-refractivity contribution is -0.384. The normalized spacial score (nSPS) is 10.4. The van der Waals surface area contributed by atoms with Crippen molar-refractivity contribution in [3.63, 3.8) is 0 Å². The number of anilines is 1. The van der Waals surface area contributed by atoms with Crippen molar-refractivity contribution in [3.8, 4) is 0 Å². The molecule has 21 heavy (non-hydrogen) atoms. The number of nitrogens with one attached hydrogen (secondary N) is 1. The predicted molar refractivity (Wildman–Crippen MR) is 78.7 cm³/mol. The van der Waals surface area contributed by atoms with Crippen LogP contribution >= 0.6 is 11.6 Å². The molecule has 1 N–H and O–H groups in total. The number of aryl methyl sites for hydroxylation is 2. The van der Waals surface area contributed by atoms with Gasteiger partial charge in [0.2, 0.25) is 0 Å². The van der Waals surface area contributed by atoms with Gasteiger partial charge in [-0.25, -0.2) is 4.98 Å². The summed E-state index contributed by atoms with van der Waals surface area (Å²) in [5.74, 6) is -0.469. The minimum absolute atomic E-state index is 0.129. The average Bonchev–Trinajstić information content (AvgIpc) is 2.87. The molecule has 0 spiro atoms. The molecule has 0 aliphatic carbocycles. The van der Waals surface area contributed by atoms with Crippen molar-refractivity contribution in [2.75, 3.05) is 5.32 Å². The molecule has 0 aliphatic heterocycles. The Morgan fingerprint density at radius 3 is 2.86 bits per heavy atom. The molecule has 0 aliphatic rings. The molecule has 110 valence electrons. The van der Waals surface area contributed by atoms with Crippen LogP contribution in [-0.2, 0) is 6.54 Å². The van der Waals surface area contributed by atoms with Gasteiger partial charge in [0.1, 0.15) is 5.69 Å². The largest absolute Gasteiger partial charge is 0.337 e. The van der Waals surface area contributed by atoms with Crippen LogP contribution in [0.25, 0.3) is 0 Å². The Hall–Kier alpha value is -2.41. The van der Waals surface area contributed by atoms with E-state index in [-0.39, 0.29) is 16.5 Å². The van der Waals surface area contributed by atoms with Gasteiger partial charge in [0.25, 0.3) is 11.6 Å². The topological polar surface area (TPSA) is 90.1 Å². The number of hydrogen-bond donors (Lipinski definition) is 1. The number of nitro groups is 1. The first-order valence-electron chi connectivity index (χ1n) is 6.21. The number of amides is 1. The zero-order valence-corrected chi connectivity index (χ0v) is 12.2. The van der Waals surface area contributed by atoms with Crippen LogP contribution in [0.4, 0.5) is 11.4 Å². The number of nitrogens with zero attached hydrogens (tertiary/aromatic N) is 3. The summed E-state index contributed by atoms with van der Waals surface area (Å²) in [6.07, 6.45) is 2.86. The second-order valence-corrected chi connectivity index (χ2v) is 4.73. The van der Waals surface area contributed by atoms with Crippen LogP contribution in [0, 0.1) is 17.0 Å². The summed E-state index contributed by atoms with van der Waals surface area (Å²) in [7, 11) is 0. The number of carbonyl (C=O) groups is 1. The average molecular weight is 309 g/mol. The third-order valence-electron chi connectivity index (χ3n) is 3.02. The summed E-state index contributed by atoms with van der Waals surface area (Å²) in [5, 5.41) is 13.6. The fourth-order valence-corrected chi connectivity index (χ4v) is 2.15. The Morgan fingerprint density at radius 2 is 2.29 bits per heavy atom. The molecule has 0 atom stereocenters. The summed E-state index contributed by atoms with van der Waals surface area (Å²) in [4.78, 5) is 26.5. The fraction of sp³-hybridized carbons (Fsp3) is 0.231. The summed E-state index contributed by atoms with van der Waals surface area (Å²) < 4.78 is 1.51. The molecule has 0 bridgehead atoms. The van der Waals surface area contributed by atoms with E-state index in [1.807, 2.05) is 0 Å². The number of aromatic nitrogens is 2. The monoisotopic (exact) mass is 308 g/mol. The maximum Gasteiger partial charge on any atom is 0.287 e. The molecule has 0 radical (unpaired) electrons. The van der Waals surface area contributed by atoms with Crippen LogP contribution in [0.1, 0.15) is 23.0 Å². The van der Waals surface area contributed by atoms with Gasteiger partial charge in [-0.3, -0.25) is 14.9 Å². The summed E-state index contributed by atoms with van der Waals surface area (Å²) in [6, 6.07) is 2.95. The molecule has 2 heterocycles. The molecule has 2 aromatic heterocycles. The molecular formula is C13H13ClN4O3. The van der Waals surface area contributed by atoms with E-state index < -0.39 is 10.8 Å². The molecule has 0 saturated carbocycles. The van der Waals surface area contributed by atoms with E-state index in [2.05, 4.69) is 10.3 Å². The van der Waals surface area contributed by atoms with E-state index in [0.29, 0.717) is 12.2 Å². The SMILES string of the molecule is CCn1cc([N+](=O)[O-])cc1C(=O)Nc1c(C)ccnc1Cl. The molecule has 0 saturated heterocycles. The van der Waals surface area contributed by atoms with Crippen molar-refractivity contribution in [3.05, 3.63) is 51.1 Å². The quantitative estimate of drug-likeness (QED) is 0.534. The number of halogens is 1. The molecule has 2 rings (SSSR count). The van der Waals surface area contributed by atoms with E-state index in [4.69, 9.17) is 11.6 Å². The lowest BCUT2D eigenvalue weighted by Crippen LogP contribution is -2.17. The standard InChI is InChI=1S/C13H13ClN4O3/c1-3-17-7-9(18(20)21)6-10(17)13(19)16-11-8(2)4-5-15-12(11)14/h4-7H,3H2,1-2H3,(H,16,19). The first-order valence-corrected chi connectivity index (χ1v) is 6.58. The van der Waals surface area contributed by atoms with Crippen molar-refractivity contribution in [2.24, 2.45) is 0 Å². The highest BCUT2D eigenvalue weighted by Crippen LogP contribution is 2.24. The highest BCUT2D eigenvalue weighted by Gasteiger charge is 2.20. The van der Waals surface area contributed by atoms with Gasteiger partial charge in [-0.05, 0) is 25.5 Å². The third-order valence-corrected chi connectivity index (χ3v) is 3.30. The maximum atomic E-state index is 12.3. The first kappa shape index (κ1) is 15.0. The predicted octanol–water partition coefficient (Wildman–Crippen LogP) is 3.03. The Labute approximate surface area is 125 Å². The first-order chi connectivity index (χ1) is 9.93. The van der Waals surface area contributed by atoms with Gasteiger partial charge in [0, 0.05) is 18.8 Å². The lowest BCUT2D eigenvalue weighted by atomic mass is 10.2. The van der Waals surface area contributed by atoms with Crippen molar-refractivity contribution < 1.29 is 9.72 Å². The van der Waals surface area contributed by atoms with Crippen LogP contribution in [0.2, 0.25) is 5.15 Å². The van der Waals surface area contributed by atoms with Gasteiger partial charge in [0.05, 0.1) is 16.8 Å². The molecule has 1 amide bonds. The van der Waals surface area contributed by atoms with Gasteiger partial charge in [-0.15, -0.1) is 0 Å². The maximum absolute atomic E-state index is 12.3. The molecule has 8 heteroatoms. The molecular weight excluding hydrogens is 296 g/mol. The van der Waals surface area contributed by atoms with Crippen LogP contribution in [0.15, 0.2) is 24.5 Å². The van der Waals surface area contributed by atoms with E-state index in [1.165, 1.54) is 23.0 Å². The second kappa shape index (κ2) is 5.92. The van der Waals surface area contributed by atoms with Gasteiger partial charge in [0.15, 0.2) is 5.15 Å². The fourth-order valence-electron chi connectivity index (χ4n) is 1.90. The van der Waals surface area contributed by atoms with Gasteiger partial charge < -0.3 is 9.88 Å². The molecule has 7 nitrogen and oxygen atoms in total. The number of rotatable bonds is 4. The lowest BCUT2D eigenvalue weighted by Gasteiger charge is -2.10. The number of hydrogen-bond acceptors (Lipinski definition) is 4. The van der Waals surface area contributed by atoms with E-state index in [9.17, 15) is 14.9 Å². The van der Waals surface area contributed by atoms with Crippen molar-refractivity contribution >= 4 is 28.9 Å². The molecule has 0 unspecified atom stereocenters. The Balaban J connectivity index is 2.34. The van der Waals surface area contributed by atoms with Crippen LogP contribution in [-0.4, -0.2) is 20.4 Å². The van der Waals surface area contributed by atoms with E-state index in [0.717, 1.165) is 5.56 Å². The van der Waals surface area contributed by atoms with E-state index in [1.54, 1.807) is 19.9 Å². The Bertz CT molecular complexity index is 691. The minimum atomic E-state index is -0.536. The van der Waals surface area contributed by atoms with Gasteiger partial charge in [-0.1, -0.05) is 11.6 Å². The van der Waals surface area contributed by atoms with Crippen LogP contribution < -0.4 is 5.32 Å². The Morgan fingerprint density at radius 1 is 1.57 bits per heavy atom. The minimum Gasteiger partial charge on any atom is -0.337 e. The van der Waals surface area contributed by atoms with Crippen LogP contribution in [0.3, 0.4) is 0 Å². The molecule has 0 fully saturated rings. The number of carbonyl (C=O) groups excluding carboxylic acids is 1. The van der Waals surface area contributed by atoms with Crippen molar-refractivity contribution in [1.82, 2.24) is 9.55 Å². The van der Waals surface area contributed by atoms with Crippen molar-refractivity contribution in [1.29, 1.82) is 0 Å². The van der Waals surface area contributed by atoms with Gasteiger partial charge in [-0.2, -0.15) is 0 Å². The smallest absolute Gasteiger partial charge is 0.287 e. The number of pyridine rings is 1. The molecule has 2 aromatic rings. The summed E-state index contributed by atoms with van der Waals surface area (Å²) in [5.41, 5.74) is 1.22.